The summed E-state index contributed by atoms with van der Waals surface area (Å²) in [4.78, 5) is 2.49. The monoisotopic (exact) mass is 250 g/mol. The van der Waals surface area contributed by atoms with Gasteiger partial charge in [0.15, 0.2) is 0 Å². The number of benzene rings is 1. The summed E-state index contributed by atoms with van der Waals surface area (Å²) in [6, 6.07) is 7.14. The predicted molar refractivity (Wildman–Crippen MR) is 74.3 cm³/mol. The van der Waals surface area contributed by atoms with Crippen LogP contribution in [0.25, 0.3) is 0 Å². The maximum Gasteiger partial charge on any atom is 0.125 e. The molecule has 1 saturated heterocycles. The molecule has 1 aliphatic rings. The van der Waals surface area contributed by atoms with Crippen LogP contribution in [-0.2, 0) is 0 Å². The van der Waals surface area contributed by atoms with Gasteiger partial charge in [-0.25, -0.2) is 4.39 Å². The Bertz CT molecular complexity index is 373. The van der Waals surface area contributed by atoms with E-state index < -0.39 is 0 Å². The summed E-state index contributed by atoms with van der Waals surface area (Å²) in [7, 11) is 0. The van der Waals surface area contributed by atoms with Crippen LogP contribution in [0.3, 0.4) is 0 Å². The number of anilines is 1. The molecular formula is C15H23FN2. The van der Waals surface area contributed by atoms with Crippen LogP contribution in [0.4, 0.5) is 10.1 Å². The molecule has 0 spiro atoms. The second-order valence-electron chi connectivity index (χ2n) is 5.22. The maximum atomic E-state index is 13.1. The molecule has 1 fully saturated rings. The molecule has 1 aromatic carbocycles. The van der Waals surface area contributed by atoms with Crippen LogP contribution in [0, 0.1) is 11.7 Å². The van der Waals surface area contributed by atoms with Crippen LogP contribution in [0.15, 0.2) is 24.3 Å². The molecule has 1 unspecified atom stereocenters. The molecule has 100 valence electrons. The fourth-order valence-corrected chi connectivity index (χ4v) is 2.73. The van der Waals surface area contributed by atoms with E-state index in [0.717, 1.165) is 12.2 Å². The third-order valence-corrected chi connectivity index (χ3v) is 4.01. The quantitative estimate of drug-likeness (QED) is 0.881. The second-order valence-corrected chi connectivity index (χ2v) is 5.22. The van der Waals surface area contributed by atoms with E-state index in [1.807, 2.05) is 6.07 Å². The van der Waals surface area contributed by atoms with Crippen LogP contribution in [0.5, 0.6) is 0 Å². The van der Waals surface area contributed by atoms with Gasteiger partial charge in [-0.15, -0.1) is 0 Å². The van der Waals surface area contributed by atoms with Crippen molar-refractivity contribution >= 4 is 5.69 Å². The van der Waals surface area contributed by atoms with Gasteiger partial charge in [0, 0.05) is 11.7 Å². The lowest BCUT2D eigenvalue weighted by molar-refractivity contribution is 0.183. The van der Waals surface area contributed by atoms with Gasteiger partial charge in [0.25, 0.3) is 0 Å². The van der Waals surface area contributed by atoms with E-state index in [2.05, 4.69) is 24.1 Å². The third-order valence-electron chi connectivity index (χ3n) is 4.01. The Hall–Kier alpha value is -1.09. The number of hydrogen-bond acceptors (Lipinski definition) is 2. The highest BCUT2D eigenvalue weighted by atomic mass is 19.1. The molecule has 3 heteroatoms. The van der Waals surface area contributed by atoms with Gasteiger partial charge in [-0.1, -0.05) is 13.0 Å². The summed E-state index contributed by atoms with van der Waals surface area (Å²) in [5.74, 6) is 0.518. The van der Waals surface area contributed by atoms with Gasteiger partial charge in [-0.05, 0) is 63.5 Å². The average Bonchev–Trinajstić information content (AvgIpc) is 2.39. The molecular weight excluding hydrogens is 227 g/mol. The van der Waals surface area contributed by atoms with Crippen LogP contribution >= 0.6 is 0 Å². The lowest BCUT2D eigenvalue weighted by Gasteiger charge is -2.34. The van der Waals surface area contributed by atoms with Crippen molar-refractivity contribution in [2.24, 2.45) is 5.92 Å². The molecule has 0 amide bonds. The summed E-state index contributed by atoms with van der Waals surface area (Å²) in [6.45, 7) is 7.96. The van der Waals surface area contributed by atoms with Gasteiger partial charge >= 0.3 is 0 Å². The molecule has 0 bridgehead atoms. The number of rotatable bonds is 4. The summed E-state index contributed by atoms with van der Waals surface area (Å²) in [6.07, 6.45) is 2.47. The van der Waals surface area contributed by atoms with E-state index in [1.165, 1.54) is 32.0 Å². The third kappa shape index (κ3) is 3.45. The van der Waals surface area contributed by atoms with E-state index in [9.17, 15) is 4.39 Å². The molecule has 2 nitrogen and oxygen atoms in total. The normalized spacial score (nSPS) is 19.7. The van der Waals surface area contributed by atoms with Gasteiger partial charge < -0.3 is 10.2 Å². The number of nitrogens with one attached hydrogen (secondary N) is 1. The fourth-order valence-electron chi connectivity index (χ4n) is 2.73. The minimum absolute atomic E-state index is 0.173. The molecule has 1 atom stereocenters. The highest BCUT2D eigenvalue weighted by Crippen LogP contribution is 2.23. The Morgan fingerprint density at radius 1 is 1.39 bits per heavy atom. The zero-order valence-electron chi connectivity index (χ0n) is 11.3. The van der Waals surface area contributed by atoms with Gasteiger partial charge in [0.2, 0.25) is 0 Å². The highest BCUT2D eigenvalue weighted by Gasteiger charge is 2.22. The maximum absolute atomic E-state index is 13.1. The topological polar surface area (TPSA) is 15.3 Å². The largest absolute Gasteiger partial charge is 0.382 e. The lowest BCUT2D eigenvalue weighted by Crippen LogP contribution is -2.39. The average molecular weight is 250 g/mol. The molecule has 1 N–H and O–H groups in total. The van der Waals surface area contributed by atoms with Crippen molar-refractivity contribution in [2.75, 3.05) is 25.0 Å². The first-order valence-electron chi connectivity index (χ1n) is 6.93. The number of piperidine rings is 1. The molecule has 0 aromatic heterocycles. The Labute approximate surface area is 109 Å². The summed E-state index contributed by atoms with van der Waals surface area (Å²) in [5, 5.41) is 3.43. The van der Waals surface area contributed by atoms with Crippen LogP contribution in [-0.4, -0.2) is 30.6 Å². The summed E-state index contributed by atoms with van der Waals surface area (Å²) >= 11 is 0. The van der Waals surface area contributed by atoms with Gasteiger partial charge in [-0.2, -0.15) is 0 Å². The van der Waals surface area contributed by atoms with E-state index in [-0.39, 0.29) is 5.82 Å². The summed E-state index contributed by atoms with van der Waals surface area (Å²) < 4.78 is 13.1. The summed E-state index contributed by atoms with van der Waals surface area (Å²) in [5.41, 5.74) is 0.889. The molecule has 0 saturated carbocycles. The number of likely N-dealkylation sites (tertiary alicyclic amines) is 1. The first-order valence-corrected chi connectivity index (χ1v) is 6.93. The predicted octanol–water partition coefficient (Wildman–Crippen LogP) is 3.36. The van der Waals surface area contributed by atoms with E-state index in [0.29, 0.717) is 12.0 Å². The minimum atomic E-state index is -0.173. The van der Waals surface area contributed by atoms with Crippen molar-refractivity contribution in [1.29, 1.82) is 0 Å². The van der Waals surface area contributed by atoms with Crippen LogP contribution < -0.4 is 5.32 Å². The zero-order valence-corrected chi connectivity index (χ0v) is 11.3. The Morgan fingerprint density at radius 2 is 2.11 bits per heavy atom. The van der Waals surface area contributed by atoms with Crippen molar-refractivity contribution in [3.8, 4) is 0 Å². The zero-order chi connectivity index (χ0) is 13.0. The number of halogens is 1. The molecule has 2 rings (SSSR count). The van der Waals surface area contributed by atoms with Crippen molar-refractivity contribution in [2.45, 2.75) is 32.7 Å². The second kappa shape index (κ2) is 6.19. The minimum Gasteiger partial charge on any atom is -0.382 e. The van der Waals surface area contributed by atoms with Crippen LogP contribution in [0.1, 0.15) is 26.7 Å². The Kier molecular flexibility index (Phi) is 4.59. The molecule has 1 aliphatic heterocycles. The molecule has 1 heterocycles. The first-order chi connectivity index (χ1) is 8.69. The standard InChI is InChI=1S/C15H23FN2/c1-3-18-9-7-13(8-10-18)12(2)17-15-6-4-5-14(16)11-15/h4-6,11-13,17H,3,7-10H2,1-2H3. The number of nitrogens with zero attached hydrogens (tertiary/aromatic N) is 1. The van der Waals surface area contributed by atoms with Gasteiger partial charge in [0.1, 0.15) is 5.82 Å². The molecule has 1 aromatic rings. The molecule has 0 aliphatic carbocycles. The SMILES string of the molecule is CCN1CCC(C(C)Nc2cccc(F)c2)CC1. The van der Waals surface area contributed by atoms with Crippen molar-refractivity contribution < 1.29 is 4.39 Å². The highest BCUT2D eigenvalue weighted by molar-refractivity contribution is 5.43. The first kappa shape index (κ1) is 13.3. The van der Waals surface area contributed by atoms with E-state index in [1.54, 1.807) is 12.1 Å². The smallest absolute Gasteiger partial charge is 0.125 e. The Balaban J connectivity index is 1.87. The van der Waals surface area contributed by atoms with Gasteiger partial charge in [0.05, 0.1) is 0 Å². The van der Waals surface area contributed by atoms with Crippen LogP contribution in [0.2, 0.25) is 0 Å². The molecule has 0 radical (unpaired) electrons. The number of hydrogen-bond donors (Lipinski definition) is 1. The lowest BCUT2D eigenvalue weighted by atomic mass is 9.90. The van der Waals surface area contributed by atoms with Crippen molar-refractivity contribution in [3.63, 3.8) is 0 Å². The molecule has 18 heavy (non-hydrogen) atoms. The fraction of sp³-hybridized carbons (Fsp3) is 0.600. The van der Waals surface area contributed by atoms with E-state index >= 15 is 0 Å². The van der Waals surface area contributed by atoms with E-state index in [4.69, 9.17) is 0 Å². The Morgan fingerprint density at radius 3 is 2.72 bits per heavy atom. The van der Waals surface area contributed by atoms with Crippen molar-refractivity contribution in [1.82, 2.24) is 4.90 Å². The van der Waals surface area contributed by atoms with Crippen molar-refractivity contribution in [3.05, 3.63) is 30.1 Å². The van der Waals surface area contributed by atoms with Gasteiger partial charge in [-0.3, -0.25) is 0 Å².